The normalized spacial score (nSPS) is 12.7. The number of rotatable bonds is 7. The van der Waals surface area contributed by atoms with E-state index < -0.39 is 0 Å². The summed E-state index contributed by atoms with van der Waals surface area (Å²) in [5, 5.41) is 6.04. The van der Waals surface area contributed by atoms with Crippen LogP contribution in [0.15, 0.2) is 4.52 Å². The van der Waals surface area contributed by atoms with Gasteiger partial charge in [-0.25, -0.2) is 0 Å². The van der Waals surface area contributed by atoms with Crippen molar-refractivity contribution in [2.24, 2.45) is 0 Å². The quantitative estimate of drug-likeness (QED) is 0.755. The summed E-state index contributed by atoms with van der Waals surface area (Å²) in [6.45, 7) is 5.90. The van der Waals surface area contributed by atoms with E-state index in [9.17, 15) is 4.79 Å². The van der Waals surface area contributed by atoms with Crippen LogP contribution >= 0.6 is 0 Å². The maximum atomic E-state index is 11.2. The fraction of sp³-hybridized carbons (Fsp3) is 0.727. The van der Waals surface area contributed by atoms with Gasteiger partial charge in [-0.15, -0.1) is 0 Å². The number of hydrogen-bond acceptors (Lipinski definition) is 6. The molecule has 0 aliphatic heterocycles. The maximum Gasteiger partial charge on any atom is 0.292 e. The molecule has 18 heavy (non-hydrogen) atoms. The van der Waals surface area contributed by atoms with Crippen LogP contribution in [-0.4, -0.2) is 54.3 Å². The fourth-order valence-corrected chi connectivity index (χ4v) is 1.59. The van der Waals surface area contributed by atoms with Crippen LogP contribution in [0.5, 0.6) is 0 Å². The molecule has 7 heteroatoms. The number of carbonyl (C=O) groups excluding carboxylic acids is 1. The topological polar surface area (TPSA) is 80.5 Å². The van der Waals surface area contributed by atoms with E-state index in [1.807, 2.05) is 25.8 Å². The lowest BCUT2D eigenvalue weighted by Gasteiger charge is -2.19. The minimum atomic E-state index is -0.352. The Morgan fingerprint density at radius 1 is 1.61 bits per heavy atom. The fourth-order valence-electron chi connectivity index (χ4n) is 1.59. The van der Waals surface area contributed by atoms with Crippen LogP contribution in [0, 0.1) is 0 Å². The standard InChI is InChI=1S/C11H20N4O3/c1-5-17-8(2)6-15(4)7-9-13-10(14-18-9)11(16)12-3/h8H,5-7H2,1-4H3,(H,12,16)/t8-/m1/s1. The van der Waals surface area contributed by atoms with E-state index >= 15 is 0 Å². The van der Waals surface area contributed by atoms with Crippen LogP contribution in [0.2, 0.25) is 0 Å². The molecule has 1 N–H and O–H groups in total. The summed E-state index contributed by atoms with van der Waals surface area (Å²) in [5.74, 6) is 0.119. The van der Waals surface area contributed by atoms with Crippen LogP contribution in [0.3, 0.4) is 0 Å². The average molecular weight is 256 g/mol. The highest BCUT2D eigenvalue weighted by Crippen LogP contribution is 2.03. The molecule has 0 radical (unpaired) electrons. The van der Waals surface area contributed by atoms with Gasteiger partial charge in [0.1, 0.15) is 0 Å². The molecule has 1 aromatic heterocycles. The van der Waals surface area contributed by atoms with Crippen molar-refractivity contribution in [3.63, 3.8) is 0 Å². The Labute approximate surface area is 106 Å². The van der Waals surface area contributed by atoms with E-state index in [2.05, 4.69) is 15.5 Å². The third kappa shape index (κ3) is 4.42. The summed E-state index contributed by atoms with van der Waals surface area (Å²) in [6.07, 6.45) is 0.140. The zero-order valence-electron chi connectivity index (χ0n) is 11.3. The molecule has 1 atom stereocenters. The molecule has 0 aliphatic carbocycles. The molecule has 0 saturated heterocycles. The van der Waals surface area contributed by atoms with E-state index in [-0.39, 0.29) is 17.8 Å². The Hall–Kier alpha value is -1.47. The summed E-state index contributed by atoms with van der Waals surface area (Å²) in [4.78, 5) is 17.2. The summed E-state index contributed by atoms with van der Waals surface area (Å²) in [7, 11) is 3.45. The van der Waals surface area contributed by atoms with E-state index in [4.69, 9.17) is 9.26 Å². The number of hydrogen-bond donors (Lipinski definition) is 1. The minimum Gasteiger partial charge on any atom is -0.377 e. The van der Waals surface area contributed by atoms with Crippen molar-refractivity contribution in [1.82, 2.24) is 20.4 Å². The Balaban J connectivity index is 2.46. The second-order valence-corrected chi connectivity index (χ2v) is 4.05. The first-order valence-electron chi connectivity index (χ1n) is 5.91. The first-order chi connectivity index (χ1) is 8.56. The van der Waals surface area contributed by atoms with Gasteiger partial charge >= 0.3 is 0 Å². The van der Waals surface area contributed by atoms with Crippen molar-refractivity contribution in [1.29, 1.82) is 0 Å². The van der Waals surface area contributed by atoms with Gasteiger partial charge < -0.3 is 14.6 Å². The predicted molar refractivity (Wildman–Crippen MR) is 65.1 cm³/mol. The molecule has 0 spiro atoms. The number of ether oxygens (including phenoxy) is 1. The second-order valence-electron chi connectivity index (χ2n) is 4.05. The number of carbonyl (C=O) groups is 1. The molecule has 0 unspecified atom stereocenters. The van der Waals surface area contributed by atoms with Gasteiger partial charge in [0.25, 0.3) is 11.7 Å². The maximum absolute atomic E-state index is 11.2. The molecule has 0 aliphatic rings. The minimum absolute atomic E-state index is 0.0544. The summed E-state index contributed by atoms with van der Waals surface area (Å²) in [5.41, 5.74) is 0. The zero-order chi connectivity index (χ0) is 13.5. The largest absolute Gasteiger partial charge is 0.377 e. The molecule has 1 aromatic rings. The van der Waals surface area contributed by atoms with Gasteiger partial charge in [0.15, 0.2) is 0 Å². The number of nitrogens with zero attached hydrogens (tertiary/aromatic N) is 3. The molecule has 0 aromatic carbocycles. The van der Waals surface area contributed by atoms with Gasteiger partial charge in [-0.1, -0.05) is 5.16 Å². The van der Waals surface area contributed by atoms with Crippen molar-refractivity contribution >= 4 is 5.91 Å². The molecule has 102 valence electrons. The smallest absolute Gasteiger partial charge is 0.292 e. The molecule has 0 saturated carbocycles. The number of likely N-dealkylation sites (N-methyl/N-ethyl adjacent to an activating group) is 1. The number of amides is 1. The number of aromatic nitrogens is 2. The molecule has 7 nitrogen and oxygen atoms in total. The average Bonchev–Trinajstić information content (AvgIpc) is 2.76. The number of nitrogens with one attached hydrogen (secondary N) is 1. The van der Waals surface area contributed by atoms with Gasteiger partial charge in [-0.2, -0.15) is 4.98 Å². The van der Waals surface area contributed by atoms with Crippen LogP contribution in [-0.2, 0) is 11.3 Å². The Bertz CT molecular complexity index is 380. The van der Waals surface area contributed by atoms with Crippen molar-refractivity contribution in [3.05, 3.63) is 11.7 Å². The Morgan fingerprint density at radius 3 is 2.94 bits per heavy atom. The van der Waals surface area contributed by atoms with E-state index in [0.717, 1.165) is 6.54 Å². The molecular formula is C11H20N4O3. The van der Waals surface area contributed by atoms with Crippen molar-refractivity contribution in [2.45, 2.75) is 26.5 Å². The predicted octanol–water partition coefficient (Wildman–Crippen LogP) is 0.286. The monoisotopic (exact) mass is 256 g/mol. The van der Waals surface area contributed by atoms with Gasteiger partial charge in [0.2, 0.25) is 5.89 Å². The first kappa shape index (κ1) is 14.6. The van der Waals surface area contributed by atoms with E-state index in [0.29, 0.717) is 19.0 Å². The summed E-state index contributed by atoms with van der Waals surface area (Å²) in [6, 6.07) is 0. The van der Waals surface area contributed by atoms with Gasteiger partial charge in [0, 0.05) is 20.2 Å². The third-order valence-electron chi connectivity index (χ3n) is 2.32. The lowest BCUT2D eigenvalue weighted by Crippen LogP contribution is -2.29. The summed E-state index contributed by atoms with van der Waals surface area (Å²) < 4.78 is 10.4. The highest BCUT2D eigenvalue weighted by atomic mass is 16.5. The van der Waals surface area contributed by atoms with Crippen LogP contribution < -0.4 is 5.32 Å². The molecule has 1 amide bonds. The van der Waals surface area contributed by atoms with Crippen LogP contribution in [0.4, 0.5) is 0 Å². The highest BCUT2D eigenvalue weighted by molar-refractivity contribution is 5.89. The molecule has 0 bridgehead atoms. The Morgan fingerprint density at radius 2 is 2.33 bits per heavy atom. The lowest BCUT2D eigenvalue weighted by atomic mass is 10.3. The summed E-state index contributed by atoms with van der Waals surface area (Å²) >= 11 is 0. The van der Waals surface area contributed by atoms with Crippen LogP contribution in [0.1, 0.15) is 30.4 Å². The molecule has 0 fully saturated rings. The zero-order valence-corrected chi connectivity index (χ0v) is 11.3. The van der Waals surface area contributed by atoms with Gasteiger partial charge in [0.05, 0.1) is 12.6 Å². The Kier molecular flexibility index (Phi) is 5.73. The van der Waals surface area contributed by atoms with Crippen molar-refractivity contribution in [3.8, 4) is 0 Å². The molecule has 1 rings (SSSR count). The molecular weight excluding hydrogens is 236 g/mol. The first-order valence-corrected chi connectivity index (χ1v) is 5.91. The second kappa shape index (κ2) is 7.07. The SMILES string of the molecule is CCO[C@H](C)CN(C)Cc1nc(C(=O)NC)no1. The third-order valence-corrected chi connectivity index (χ3v) is 2.32. The van der Waals surface area contributed by atoms with Gasteiger partial charge in [-0.05, 0) is 20.9 Å². The lowest BCUT2D eigenvalue weighted by molar-refractivity contribution is 0.0482. The highest BCUT2D eigenvalue weighted by Gasteiger charge is 2.15. The van der Waals surface area contributed by atoms with Gasteiger partial charge in [-0.3, -0.25) is 9.69 Å². The van der Waals surface area contributed by atoms with Crippen molar-refractivity contribution < 1.29 is 14.1 Å². The van der Waals surface area contributed by atoms with E-state index in [1.165, 1.54) is 7.05 Å². The van der Waals surface area contributed by atoms with E-state index in [1.54, 1.807) is 0 Å². The van der Waals surface area contributed by atoms with Crippen LogP contribution in [0.25, 0.3) is 0 Å². The van der Waals surface area contributed by atoms with Crippen molar-refractivity contribution in [2.75, 3.05) is 27.2 Å². The molecule has 1 heterocycles.